The smallest absolute Gasteiger partial charge is 0.184 e. The normalized spacial score (nSPS) is 14.7. The van der Waals surface area contributed by atoms with E-state index in [0.29, 0.717) is 23.1 Å². The van der Waals surface area contributed by atoms with E-state index in [1.807, 2.05) is 6.26 Å². The van der Waals surface area contributed by atoms with Crippen LogP contribution in [0.4, 0.5) is 8.78 Å². The fraction of sp³-hybridized carbons (Fsp3) is 0.500. The van der Waals surface area contributed by atoms with Gasteiger partial charge in [0, 0.05) is 11.8 Å². The van der Waals surface area contributed by atoms with E-state index >= 15 is 0 Å². The zero-order valence-corrected chi connectivity index (χ0v) is 13.2. The molecule has 1 aromatic heterocycles. The van der Waals surface area contributed by atoms with E-state index in [4.69, 9.17) is 11.6 Å². The molecule has 1 heterocycles. The summed E-state index contributed by atoms with van der Waals surface area (Å²) in [6.07, 6.45) is 2.88. The molecule has 6 heteroatoms. The van der Waals surface area contributed by atoms with Crippen molar-refractivity contribution in [1.82, 2.24) is 9.55 Å². The Kier molecular flexibility index (Phi) is 4.91. The molecule has 2 unspecified atom stereocenters. The second-order valence-corrected chi connectivity index (χ2v) is 6.73. The molecular weight excluding hydrogens is 302 g/mol. The molecule has 1 aromatic carbocycles. The summed E-state index contributed by atoms with van der Waals surface area (Å²) in [5.74, 6) is -1.12. The molecule has 0 spiro atoms. The van der Waals surface area contributed by atoms with Gasteiger partial charge in [-0.15, -0.1) is 11.6 Å². The maximum absolute atomic E-state index is 14.1. The van der Waals surface area contributed by atoms with Crippen molar-refractivity contribution in [2.75, 3.05) is 6.26 Å². The molecule has 2 aromatic rings. The van der Waals surface area contributed by atoms with Gasteiger partial charge in [-0.2, -0.15) is 11.8 Å². The number of nitrogens with zero attached hydrogens (tertiary/aromatic N) is 2. The van der Waals surface area contributed by atoms with Gasteiger partial charge < -0.3 is 4.57 Å². The Morgan fingerprint density at radius 3 is 2.65 bits per heavy atom. The number of rotatable bonds is 5. The number of hydrogen-bond acceptors (Lipinski definition) is 2. The summed E-state index contributed by atoms with van der Waals surface area (Å²) in [4.78, 5) is 4.34. The average Bonchev–Trinajstić information content (AvgIpc) is 2.79. The molecule has 0 fully saturated rings. The lowest BCUT2D eigenvalue weighted by molar-refractivity contribution is 0.508. The van der Waals surface area contributed by atoms with Crippen molar-refractivity contribution in [3.63, 3.8) is 0 Å². The SMILES string of the molecule is CSC(C)CCn1c(C(C)Cl)nc2ccc(F)c(F)c21. The fourth-order valence-electron chi connectivity index (χ4n) is 2.13. The minimum Gasteiger partial charge on any atom is -0.324 e. The largest absolute Gasteiger partial charge is 0.324 e. The predicted octanol–water partition coefficient (Wildman–Crippen LogP) is 4.76. The first-order valence-corrected chi connectivity index (χ1v) is 8.19. The van der Waals surface area contributed by atoms with E-state index in [-0.39, 0.29) is 10.9 Å². The Balaban J connectivity index is 2.52. The Hall–Kier alpha value is -0.810. The molecule has 0 N–H and O–H groups in total. The summed E-state index contributed by atoms with van der Waals surface area (Å²) in [5.41, 5.74) is 0.656. The van der Waals surface area contributed by atoms with Crippen LogP contribution < -0.4 is 0 Å². The van der Waals surface area contributed by atoms with Gasteiger partial charge in [-0.1, -0.05) is 6.92 Å². The molecule has 0 amide bonds. The summed E-state index contributed by atoms with van der Waals surface area (Å²) < 4.78 is 29.2. The van der Waals surface area contributed by atoms with E-state index in [1.165, 1.54) is 6.07 Å². The summed E-state index contributed by atoms with van der Waals surface area (Å²) >= 11 is 7.86. The lowest BCUT2D eigenvalue weighted by Crippen LogP contribution is -2.09. The minimum absolute atomic E-state index is 0.209. The van der Waals surface area contributed by atoms with Crippen molar-refractivity contribution in [2.45, 2.75) is 37.4 Å². The van der Waals surface area contributed by atoms with Crippen LogP contribution in [0.3, 0.4) is 0 Å². The third kappa shape index (κ3) is 2.93. The molecule has 2 atom stereocenters. The summed E-state index contributed by atoms with van der Waals surface area (Å²) in [7, 11) is 0. The quantitative estimate of drug-likeness (QED) is 0.740. The Morgan fingerprint density at radius 2 is 2.05 bits per heavy atom. The standard InChI is InChI=1S/C14H17ClF2N2S/c1-8(20-3)6-7-19-13-11(18-14(19)9(2)15)5-4-10(16)12(13)17/h4-5,8-9H,6-7H2,1-3H3. The highest BCUT2D eigenvalue weighted by Gasteiger charge is 2.20. The molecular formula is C14H17ClF2N2S. The number of thioether (sulfide) groups is 1. The van der Waals surface area contributed by atoms with E-state index in [1.54, 1.807) is 23.3 Å². The van der Waals surface area contributed by atoms with E-state index in [9.17, 15) is 8.78 Å². The van der Waals surface area contributed by atoms with E-state index in [0.717, 1.165) is 12.5 Å². The first-order valence-electron chi connectivity index (χ1n) is 6.46. The van der Waals surface area contributed by atoms with Crippen molar-refractivity contribution in [3.05, 3.63) is 29.6 Å². The number of alkyl halides is 1. The number of benzene rings is 1. The highest BCUT2D eigenvalue weighted by molar-refractivity contribution is 7.99. The van der Waals surface area contributed by atoms with Gasteiger partial charge in [0.15, 0.2) is 11.6 Å². The van der Waals surface area contributed by atoms with Gasteiger partial charge in [0.25, 0.3) is 0 Å². The predicted molar refractivity (Wildman–Crippen MR) is 81.5 cm³/mol. The zero-order valence-electron chi connectivity index (χ0n) is 11.7. The maximum atomic E-state index is 14.1. The van der Waals surface area contributed by atoms with Crippen molar-refractivity contribution in [3.8, 4) is 0 Å². The molecule has 0 saturated carbocycles. The molecule has 0 bridgehead atoms. The number of halogens is 3. The second kappa shape index (κ2) is 6.31. The molecule has 110 valence electrons. The zero-order chi connectivity index (χ0) is 14.9. The lowest BCUT2D eigenvalue weighted by atomic mass is 10.2. The number of imidazole rings is 1. The van der Waals surface area contributed by atoms with Gasteiger partial charge in [0.2, 0.25) is 0 Å². The molecule has 2 nitrogen and oxygen atoms in total. The van der Waals surface area contributed by atoms with E-state index < -0.39 is 11.6 Å². The highest BCUT2D eigenvalue weighted by Crippen LogP contribution is 2.28. The number of hydrogen-bond donors (Lipinski definition) is 0. The second-order valence-electron chi connectivity index (χ2n) is 4.80. The number of aryl methyl sites for hydroxylation is 1. The number of aromatic nitrogens is 2. The van der Waals surface area contributed by atoms with Gasteiger partial charge >= 0.3 is 0 Å². The maximum Gasteiger partial charge on any atom is 0.184 e. The van der Waals surface area contributed by atoms with E-state index in [2.05, 4.69) is 11.9 Å². The molecule has 2 rings (SSSR count). The molecule has 0 aliphatic heterocycles. The fourth-order valence-corrected chi connectivity index (χ4v) is 2.64. The van der Waals surface area contributed by atoms with Gasteiger partial charge in [0.05, 0.1) is 10.9 Å². The summed E-state index contributed by atoms with van der Waals surface area (Å²) in [6.45, 7) is 4.46. The van der Waals surface area contributed by atoms with Gasteiger partial charge in [-0.25, -0.2) is 13.8 Å². The van der Waals surface area contributed by atoms with Crippen LogP contribution in [0, 0.1) is 11.6 Å². The molecule has 0 saturated heterocycles. The van der Waals surface area contributed by atoms with Gasteiger partial charge in [-0.05, 0) is 31.7 Å². The molecule has 0 aliphatic carbocycles. The van der Waals surface area contributed by atoms with Crippen molar-refractivity contribution in [2.24, 2.45) is 0 Å². The van der Waals surface area contributed by atoms with Crippen LogP contribution >= 0.6 is 23.4 Å². The first-order chi connectivity index (χ1) is 9.45. The summed E-state index contributed by atoms with van der Waals surface area (Å²) in [5, 5.41) is 0.0806. The molecule has 20 heavy (non-hydrogen) atoms. The van der Waals surface area contributed by atoms with Crippen LogP contribution in [0.25, 0.3) is 11.0 Å². The third-order valence-electron chi connectivity index (χ3n) is 3.35. The van der Waals surface area contributed by atoms with Crippen LogP contribution in [-0.4, -0.2) is 21.1 Å². The first kappa shape index (κ1) is 15.6. The van der Waals surface area contributed by atoms with Crippen LogP contribution in [0.2, 0.25) is 0 Å². The van der Waals surface area contributed by atoms with Crippen molar-refractivity contribution >= 4 is 34.4 Å². The van der Waals surface area contributed by atoms with Gasteiger partial charge in [-0.3, -0.25) is 0 Å². The van der Waals surface area contributed by atoms with Crippen LogP contribution in [0.5, 0.6) is 0 Å². The Morgan fingerprint density at radius 1 is 1.35 bits per heavy atom. The Bertz CT molecular complexity index is 613. The molecule has 0 aliphatic rings. The van der Waals surface area contributed by atoms with Crippen LogP contribution in [0.15, 0.2) is 12.1 Å². The lowest BCUT2D eigenvalue weighted by Gasteiger charge is -2.13. The topological polar surface area (TPSA) is 17.8 Å². The van der Waals surface area contributed by atoms with Crippen LogP contribution in [-0.2, 0) is 6.54 Å². The Labute approximate surface area is 126 Å². The minimum atomic E-state index is -0.856. The number of fused-ring (bicyclic) bond motifs is 1. The molecule has 0 radical (unpaired) electrons. The van der Waals surface area contributed by atoms with Crippen molar-refractivity contribution in [1.29, 1.82) is 0 Å². The monoisotopic (exact) mass is 318 g/mol. The third-order valence-corrected chi connectivity index (χ3v) is 4.58. The van der Waals surface area contributed by atoms with Crippen molar-refractivity contribution < 1.29 is 8.78 Å². The van der Waals surface area contributed by atoms with Gasteiger partial charge in [0.1, 0.15) is 11.3 Å². The average molecular weight is 319 g/mol. The van der Waals surface area contributed by atoms with Crippen LogP contribution in [0.1, 0.15) is 31.5 Å². The highest BCUT2D eigenvalue weighted by atomic mass is 35.5. The summed E-state index contributed by atoms with van der Waals surface area (Å²) in [6, 6.07) is 2.59.